The van der Waals surface area contributed by atoms with Crippen molar-refractivity contribution in [3.8, 4) is 11.5 Å². The minimum absolute atomic E-state index is 0.0366. The van der Waals surface area contributed by atoms with Crippen molar-refractivity contribution in [2.75, 3.05) is 13.7 Å². The molecule has 0 saturated heterocycles. The van der Waals surface area contributed by atoms with Gasteiger partial charge < -0.3 is 20.1 Å². The van der Waals surface area contributed by atoms with Gasteiger partial charge in [0, 0.05) is 11.6 Å². The molecule has 8 heteroatoms. The summed E-state index contributed by atoms with van der Waals surface area (Å²) in [6.07, 6.45) is 0. The molecule has 2 amide bonds. The number of aromatic nitrogens is 1. The first-order valence-corrected chi connectivity index (χ1v) is 10.0. The number of carbonyl (C=O) groups is 2. The number of amides is 2. The topological polar surface area (TPSA) is 89.6 Å². The van der Waals surface area contributed by atoms with E-state index in [1.165, 1.54) is 7.11 Å². The van der Waals surface area contributed by atoms with E-state index in [2.05, 4.69) is 15.6 Å². The number of para-hydroxylation sites is 1. The maximum atomic E-state index is 12.5. The molecule has 0 bridgehead atoms. The summed E-state index contributed by atoms with van der Waals surface area (Å²) in [4.78, 5) is 28.8. The minimum atomic E-state index is -0.244. The molecule has 0 radical (unpaired) electrons. The van der Waals surface area contributed by atoms with E-state index in [0.717, 1.165) is 15.2 Å². The van der Waals surface area contributed by atoms with Crippen LogP contribution < -0.4 is 20.1 Å². The highest BCUT2D eigenvalue weighted by Crippen LogP contribution is 2.28. The number of rotatable bonds is 8. The Kier molecular flexibility index (Phi) is 6.66. The average Bonchev–Trinajstić information content (AvgIpc) is 3.12. The third kappa shape index (κ3) is 5.45. The number of methoxy groups -OCH3 is 1. The lowest BCUT2D eigenvalue weighted by Crippen LogP contribution is -2.34. The second-order valence-corrected chi connectivity index (χ2v) is 7.75. The van der Waals surface area contributed by atoms with Crippen LogP contribution in [0.25, 0.3) is 10.2 Å². The Morgan fingerprint density at radius 1 is 1.14 bits per heavy atom. The second kappa shape index (κ2) is 9.38. The summed E-state index contributed by atoms with van der Waals surface area (Å²) in [7, 11) is 1.49. The van der Waals surface area contributed by atoms with Crippen LogP contribution in [0.15, 0.2) is 42.5 Å². The van der Waals surface area contributed by atoms with E-state index in [4.69, 9.17) is 9.47 Å². The largest absolute Gasteiger partial charge is 0.493 e. The van der Waals surface area contributed by atoms with Crippen LogP contribution >= 0.6 is 11.3 Å². The summed E-state index contributed by atoms with van der Waals surface area (Å²) in [5.74, 6) is 0.315. The predicted octanol–water partition coefficient (Wildman–Crippen LogP) is 3.14. The van der Waals surface area contributed by atoms with Crippen LogP contribution in [0.4, 0.5) is 0 Å². The molecule has 0 fully saturated rings. The molecule has 0 aliphatic carbocycles. The number of fused-ring (bicyclic) bond motifs is 1. The van der Waals surface area contributed by atoms with Gasteiger partial charge in [0.2, 0.25) is 0 Å². The molecule has 2 aromatic carbocycles. The van der Waals surface area contributed by atoms with Gasteiger partial charge in [0.25, 0.3) is 11.8 Å². The van der Waals surface area contributed by atoms with Gasteiger partial charge >= 0.3 is 0 Å². The number of hydrogen-bond donors (Lipinski definition) is 2. The number of carbonyl (C=O) groups excluding carboxylic acids is 2. The highest BCUT2D eigenvalue weighted by Gasteiger charge is 2.13. The van der Waals surface area contributed by atoms with Crippen LogP contribution in [0, 0.1) is 0 Å². The van der Waals surface area contributed by atoms with Gasteiger partial charge in [0.05, 0.1) is 23.9 Å². The molecule has 7 nitrogen and oxygen atoms in total. The highest BCUT2D eigenvalue weighted by molar-refractivity contribution is 7.18. The maximum Gasteiger partial charge on any atom is 0.258 e. The number of benzene rings is 2. The summed E-state index contributed by atoms with van der Waals surface area (Å²) in [5, 5.41) is 6.45. The fourth-order valence-electron chi connectivity index (χ4n) is 2.69. The van der Waals surface area contributed by atoms with Crippen molar-refractivity contribution in [3.05, 3.63) is 53.0 Å². The monoisotopic (exact) mass is 413 g/mol. The Bertz CT molecular complexity index is 983. The number of thiazole rings is 1. The van der Waals surface area contributed by atoms with E-state index >= 15 is 0 Å². The number of ether oxygens (including phenoxy) is 2. The maximum absolute atomic E-state index is 12.5. The smallest absolute Gasteiger partial charge is 0.258 e. The lowest BCUT2D eigenvalue weighted by Gasteiger charge is -2.13. The van der Waals surface area contributed by atoms with Crippen molar-refractivity contribution in [1.82, 2.24) is 15.6 Å². The van der Waals surface area contributed by atoms with E-state index < -0.39 is 0 Å². The van der Waals surface area contributed by atoms with Crippen LogP contribution in [-0.4, -0.2) is 36.6 Å². The summed E-state index contributed by atoms with van der Waals surface area (Å²) in [6.45, 7) is 3.96. The minimum Gasteiger partial charge on any atom is -0.493 e. The SMILES string of the molecule is COc1cc(C(=O)NCc2nc3ccccc3s2)ccc1OCC(=O)NC(C)C. The third-order valence-electron chi connectivity index (χ3n) is 3.97. The second-order valence-electron chi connectivity index (χ2n) is 6.63. The molecule has 2 N–H and O–H groups in total. The molecule has 0 spiro atoms. The number of nitrogens with one attached hydrogen (secondary N) is 2. The Labute approximate surface area is 173 Å². The van der Waals surface area contributed by atoms with Gasteiger partial charge in [-0.15, -0.1) is 11.3 Å². The molecule has 152 valence electrons. The zero-order valence-electron chi connectivity index (χ0n) is 16.5. The van der Waals surface area contributed by atoms with Gasteiger partial charge in [-0.1, -0.05) is 12.1 Å². The molecule has 1 heterocycles. The van der Waals surface area contributed by atoms with Crippen molar-refractivity contribution in [2.24, 2.45) is 0 Å². The zero-order valence-corrected chi connectivity index (χ0v) is 17.3. The van der Waals surface area contributed by atoms with E-state index in [9.17, 15) is 9.59 Å². The van der Waals surface area contributed by atoms with E-state index in [0.29, 0.717) is 23.6 Å². The number of nitrogens with zero attached hydrogens (tertiary/aromatic N) is 1. The normalized spacial score (nSPS) is 10.8. The van der Waals surface area contributed by atoms with Crippen molar-refractivity contribution in [2.45, 2.75) is 26.4 Å². The summed E-state index contributed by atoms with van der Waals surface area (Å²) < 4.78 is 11.9. The molecule has 1 aromatic heterocycles. The molecule has 3 rings (SSSR count). The highest BCUT2D eigenvalue weighted by atomic mass is 32.1. The molecular weight excluding hydrogens is 390 g/mol. The molecule has 0 atom stereocenters. The van der Waals surface area contributed by atoms with Crippen LogP contribution in [0.1, 0.15) is 29.2 Å². The van der Waals surface area contributed by atoms with Crippen molar-refractivity contribution in [3.63, 3.8) is 0 Å². The fraction of sp³-hybridized carbons (Fsp3) is 0.286. The molecule has 0 aliphatic rings. The first kappa shape index (κ1) is 20.6. The molecular formula is C21H23N3O4S. The van der Waals surface area contributed by atoms with Crippen molar-refractivity contribution in [1.29, 1.82) is 0 Å². The third-order valence-corrected chi connectivity index (χ3v) is 5.01. The predicted molar refractivity (Wildman–Crippen MR) is 113 cm³/mol. The van der Waals surface area contributed by atoms with E-state index in [1.807, 2.05) is 38.1 Å². The first-order valence-electron chi connectivity index (χ1n) is 9.19. The summed E-state index contributed by atoms with van der Waals surface area (Å²) >= 11 is 1.55. The molecule has 3 aromatic rings. The molecule has 29 heavy (non-hydrogen) atoms. The van der Waals surface area contributed by atoms with Gasteiger partial charge in [-0.25, -0.2) is 4.98 Å². The van der Waals surface area contributed by atoms with Crippen LogP contribution in [-0.2, 0) is 11.3 Å². The first-order chi connectivity index (χ1) is 14.0. The Morgan fingerprint density at radius 2 is 1.93 bits per heavy atom. The summed E-state index contributed by atoms with van der Waals surface area (Å²) in [5.41, 5.74) is 1.35. The van der Waals surface area contributed by atoms with Gasteiger partial charge in [-0.2, -0.15) is 0 Å². The van der Waals surface area contributed by atoms with Crippen molar-refractivity contribution >= 4 is 33.4 Å². The lowest BCUT2D eigenvalue weighted by atomic mass is 10.2. The molecule has 0 unspecified atom stereocenters. The quantitative estimate of drug-likeness (QED) is 0.592. The van der Waals surface area contributed by atoms with Crippen LogP contribution in [0.5, 0.6) is 11.5 Å². The van der Waals surface area contributed by atoms with Gasteiger partial charge in [-0.05, 0) is 44.2 Å². The van der Waals surface area contributed by atoms with Gasteiger partial charge in [-0.3, -0.25) is 9.59 Å². The summed E-state index contributed by atoms with van der Waals surface area (Å²) in [6, 6.07) is 12.7. The van der Waals surface area contributed by atoms with E-state index in [1.54, 1.807) is 29.5 Å². The zero-order chi connectivity index (χ0) is 20.8. The Morgan fingerprint density at radius 3 is 2.66 bits per heavy atom. The van der Waals surface area contributed by atoms with Crippen molar-refractivity contribution < 1.29 is 19.1 Å². The fourth-order valence-corrected chi connectivity index (χ4v) is 3.60. The van der Waals surface area contributed by atoms with E-state index in [-0.39, 0.29) is 24.5 Å². The van der Waals surface area contributed by atoms with Gasteiger partial charge in [0.15, 0.2) is 18.1 Å². The number of hydrogen-bond acceptors (Lipinski definition) is 6. The lowest BCUT2D eigenvalue weighted by molar-refractivity contribution is -0.123. The Hall–Kier alpha value is -3.13. The average molecular weight is 413 g/mol. The van der Waals surface area contributed by atoms with Gasteiger partial charge in [0.1, 0.15) is 5.01 Å². The molecule has 0 saturated carbocycles. The standard InChI is InChI=1S/C21H23N3O4S/c1-13(2)23-19(25)12-28-16-9-8-14(10-17(16)27-3)21(26)22-11-20-24-15-6-4-5-7-18(15)29-20/h4-10,13H,11-12H2,1-3H3,(H,22,26)(H,23,25). The van der Waals surface area contributed by atoms with Crippen LogP contribution in [0.3, 0.4) is 0 Å². The molecule has 0 aliphatic heterocycles. The Balaban J connectivity index is 1.62. The van der Waals surface area contributed by atoms with Crippen LogP contribution in [0.2, 0.25) is 0 Å².